The van der Waals surface area contributed by atoms with E-state index in [1.807, 2.05) is 32.3 Å². The molecule has 0 fully saturated rings. The van der Waals surface area contributed by atoms with Gasteiger partial charge in [-0.3, -0.25) is 0 Å². The Bertz CT molecular complexity index is 599. The molecule has 1 aromatic carbocycles. The van der Waals surface area contributed by atoms with E-state index in [9.17, 15) is 4.79 Å². The first-order chi connectivity index (χ1) is 10.1. The lowest BCUT2D eigenvalue weighted by molar-refractivity contribution is 0.0690. The second-order valence-electron chi connectivity index (χ2n) is 4.98. The quantitative estimate of drug-likeness (QED) is 0.853. The predicted molar refractivity (Wildman–Crippen MR) is 82.6 cm³/mol. The molecular weight excluding hydrogens is 266 g/mol. The highest BCUT2D eigenvalue weighted by atomic mass is 16.4. The van der Waals surface area contributed by atoms with Crippen LogP contribution in [0.25, 0.3) is 0 Å². The average molecular weight is 285 g/mol. The molecule has 0 saturated carbocycles. The molecule has 2 N–H and O–H groups in total. The summed E-state index contributed by atoms with van der Waals surface area (Å²) in [6, 6.07) is 15.3. The standard InChI is InChI=1S/C16H19N3O2/c1-19(2)14(12-7-4-3-5-8-12)11-17-15-10-6-9-13(18-15)16(20)21/h3-10,14H,11H2,1-2H3,(H,17,18)(H,20,21). The maximum absolute atomic E-state index is 10.9. The van der Waals surface area contributed by atoms with Crippen LogP contribution in [-0.2, 0) is 0 Å². The van der Waals surface area contributed by atoms with Crippen molar-refractivity contribution >= 4 is 11.8 Å². The zero-order valence-corrected chi connectivity index (χ0v) is 12.2. The molecule has 0 aliphatic carbocycles. The normalized spacial score (nSPS) is 12.1. The van der Waals surface area contributed by atoms with Gasteiger partial charge in [0.15, 0.2) is 5.69 Å². The Hall–Kier alpha value is -2.40. The van der Waals surface area contributed by atoms with Crippen molar-refractivity contribution in [1.82, 2.24) is 9.88 Å². The molecule has 0 saturated heterocycles. The fourth-order valence-corrected chi connectivity index (χ4v) is 2.13. The molecule has 0 spiro atoms. The summed E-state index contributed by atoms with van der Waals surface area (Å²) in [4.78, 5) is 17.1. The number of carbonyl (C=O) groups is 1. The molecule has 2 aromatic rings. The van der Waals surface area contributed by atoms with Crippen molar-refractivity contribution in [1.29, 1.82) is 0 Å². The molecule has 1 heterocycles. The van der Waals surface area contributed by atoms with Crippen LogP contribution in [0.2, 0.25) is 0 Å². The van der Waals surface area contributed by atoms with Gasteiger partial charge in [-0.25, -0.2) is 9.78 Å². The maximum atomic E-state index is 10.9. The Kier molecular flexibility index (Phi) is 4.90. The molecule has 1 aromatic heterocycles. The number of aromatic carboxylic acids is 1. The van der Waals surface area contributed by atoms with E-state index in [2.05, 4.69) is 27.3 Å². The smallest absolute Gasteiger partial charge is 0.354 e. The molecule has 1 unspecified atom stereocenters. The number of likely N-dealkylation sites (N-methyl/N-ethyl adjacent to an activating group) is 1. The van der Waals surface area contributed by atoms with E-state index in [-0.39, 0.29) is 11.7 Å². The number of nitrogens with zero attached hydrogens (tertiary/aromatic N) is 2. The highest BCUT2D eigenvalue weighted by molar-refractivity contribution is 5.85. The van der Waals surface area contributed by atoms with Gasteiger partial charge >= 0.3 is 5.97 Å². The predicted octanol–water partition coefficient (Wildman–Crippen LogP) is 2.49. The lowest BCUT2D eigenvalue weighted by Crippen LogP contribution is -2.27. The molecule has 5 heteroatoms. The van der Waals surface area contributed by atoms with Gasteiger partial charge in [0.05, 0.1) is 6.04 Å². The zero-order chi connectivity index (χ0) is 15.2. The summed E-state index contributed by atoms with van der Waals surface area (Å²) in [7, 11) is 4.03. The van der Waals surface area contributed by atoms with Crippen molar-refractivity contribution in [2.24, 2.45) is 0 Å². The molecule has 0 aliphatic rings. The highest BCUT2D eigenvalue weighted by Gasteiger charge is 2.14. The Morgan fingerprint density at radius 3 is 2.52 bits per heavy atom. The van der Waals surface area contributed by atoms with Gasteiger partial charge in [0.1, 0.15) is 5.82 Å². The van der Waals surface area contributed by atoms with Crippen molar-refractivity contribution in [2.75, 3.05) is 26.0 Å². The van der Waals surface area contributed by atoms with E-state index in [1.54, 1.807) is 12.1 Å². The first-order valence-corrected chi connectivity index (χ1v) is 6.73. The molecular formula is C16H19N3O2. The summed E-state index contributed by atoms with van der Waals surface area (Å²) < 4.78 is 0. The van der Waals surface area contributed by atoms with Crippen molar-refractivity contribution in [2.45, 2.75) is 6.04 Å². The van der Waals surface area contributed by atoms with Crippen LogP contribution in [0.5, 0.6) is 0 Å². The minimum absolute atomic E-state index is 0.0427. The number of hydrogen-bond donors (Lipinski definition) is 2. The van der Waals surface area contributed by atoms with Crippen LogP contribution in [0, 0.1) is 0 Å². The molecule has 0 aliphatic heterocycles. The summed E-state index contributed by atoms with van der Waals surface area (Å²) in [5.74, 6) is -0.455. The number of pyridine rings is 1. The van der Waals surface area contributed by atoms with Crippen LogP contribution >= 0.6 is 0 Å². The van der Waals surface area contributed by atoms with E-state index in [1.165, 1.54) is 11.6 Å². The van der Waals surface area contributed by atoms with E-state index in [0.29, 0.717) is 12.4 Å². The lowest BCUT2D eigenvalue weighted by atomic mass is 10.1. The van der Waals surface area contributed by atoms with Gasteiger partial charge in [-0.05, 0) is 31.8 Å². The molecule has 21 heavy (non-hydrogen) atoms. The molecule has 110 valence electrons. The maximum Gasteiger partial charge on any atom is 0.354 e. The Morgan fingerprint density at radius 2 is 1.90 bits per heavy atom. The van der Waals surface area contributed by atoms with E-state index in [0.717, 1.165) is 0 Å². The lowest BCUT2D eigenvalue weighted by Gasteiger charge is -2.25. The van der Waals surface area contributed by atoms with Gasteiger partial charge in [-0.1, -0.05) is 36.4 Å². The van der Waals surface area contributed by atoms with Gasteiger partial charge in [0.2, 0.25) is 0 Å². The summed E-state index contributed by atoms with van der Waals surface area (Å²) in [5, 5.41) is 12.2. The Balaban J connectivity index is 2.09. The highest BCUT2D eigenvalue weighted by Crippen LogP contribution is 2.18. The van der Waals surface area contributed by atoms with E-state index >= 15 is 0 Å². The Labute approximate surface area is 124 Å². The molecule has 0 bridgehead atoms. The van der Waals surface area contributed by atoms with Crippen molar-refractivity contribution in [3.05, 3.63) is 59.8 Å². The van der Waals surface area contributed by atoms with Crippen LogP contribution in [0.4, 0.5) is 5.82 Å². The minimum atomic E-state index is -1.02. The number of aromatic nitrogens is 1. The fraction of sp³-hybridized carbons (Fsp3) is 0.250. The summed E-state index contributed by atoms with van der Waals surface area (Å²) in [6.45, 7) is 0.646. The number of carboxylic acid groups (broad SMARTS) is 1. The average Bonchev–Trinajstić information content (AvgIpc) is 2.48. The topological polar surface area (TPSA) is 65.5 Å². The van der Waals surface area contributed by atoms with Crippen LogP contribution < -0.4 is 5.32 Å². The van der Waals surface area contributed by atoms with Crippen LogP contribution in [0.3, 0.4) is 0 Å². The molecule has 1 atom stereocenters. The molecule has 0 radical (unpaired) electrons. The number of rotatable bonds is 6. The number of benzene rings is 1. The van der Waals surface area contributed by atoms with Crippen LogP contribution in [-0.4, -0.2) is 41.6 Å². The monoisotopic (exact) mass is 285 g/mol. The molecule has 0 amide bonds. The van der Waals surface area contributed by atoms with Gasteiger partial charge in [-0.15, -0.1) is 0 Å². The zero-order valence-electron chi connectivity index (χ0n) is 12.2. The van der Waals surface area contributed by atoms with Gasteiger partial charge < -0.3 is 15.3 Å². The van der Waals surface area contributed by atoms with E-state index in [4.69, 9.17) is 5.11 Å². The number of carboxylic acids is 1. The fourth-order valence-electron chi connectivity index (χ4n) is 2.13. The number of nitrogens with one attached hydrogen (secondary N) is 1. The summed E-state index contributed by atoms with van der Waals surface area (Å²) >= 11 is 0. The van der Waals surface area contributed by atoms with Crippen molar-refractivity contribution in [3.8, 4) is 0 Å². The Morgan fingerprint density at radius 1 is 1.19 bits per heavy atom. The largest absolute Gasteiger partial charge is 0.477 e. The first kappa shape index (κ1) is 15.0. The van der Waals surface area contributed by atoms with Crippen LogP contribution in [0.15, 0.2) is 48.5 Å². The van der Waals surface area contributed by atoms with Crippen molar-refractivity contribution in [3.63, 3.8) is 0 Å². The SMILES string of the molecule is CN(C)C(CNc1cccc(C(=O)O)n1)c1ccccc1. The summed E-state index contributed by atoms with van der Waals surface area (Å²) in [6.07, 6.45) is 0. The third kappa shape index (κ3) is 4.03. The number of anilines is 1. The van der Waals surface area contributed by atoms with Gasteiger partial charge in [0, 0.05) is 6.54 Å². The van der Waals surface area contributed by atoms with Gasteiger partial charge in [-0.2, -0.15) is 0 Å². The second-order valence-corrected chi connectivity index (χ2v) is 4.98. The molecule has 5 nitrogen and oxygen atoms in total. The second kappa shape index (κ2) is 6.85. The van der Waals surface area contributed by atoms with E-state index < -0.39 is 5.97 Å². The third-order valence-electron chi connectivity index (χ3n) is 3.25. The van der Waals surface area contributed by atoms with Crippen LogP contribution in [0.1, 0.15) is 22.1 Å². The van der Waals surface area contributed by atoms with Gasteiger partial charge in [0.25, 0.3) is 0 Å². The molecule has 2 rings (SSSR count). The summed E-state index contributed by atoms with van der Waals surface area (Å²) in [5.41, 5.74) is 1.24. The first-order valence-electron chi connectivity index (χ1n) is 6.73. The van der Waals surface area contributed by atoms with Crippen molar-refractivity contribution < 1.29 is 9.90 Å². The minimum Gasteiger partial charge on any atom is -0.477 e. The number of hydrogen-bond acceptors (Lipinski definition) is 4. The third-order valence-corrected chi connectivity index (χ3v) is 3.25.